The molecule has 0 aromatic carbocycles. The molecule has 0 saturated carbocycles. The van der Waals surface area contributed by atoms with Crippen molar-refractivity contribution in [3.05, 3.63) is 0 Å². The standard InChI is InChI=1S/C8H12F4O2S/c1-14-6(13)5-15-4-2-3-8(11,12)7(9)10/h7H,2-5H2,1H3. The summed E-state index contributed by atoms with van der Waals surface area (Å²) in [5.41, 5.74) is 0. The van der Waals surface area contributed by atoms with E-state index in [0.29, 0.717) is 0 Å². The molecular weight excluding hydrogens is 236 g/mol. The molecule has 0 aliphatic heterocycles. The van der Waals surface area contributed by atoms with Gasteiger partial charge in [-0.15, -0.1) is 0 Å². The summed E-state index contributed by atoms with van der Waals surface area (Å²) in [5, 5.41) is 0. The zero-order chi connectivity index (χ0) is 11.9. The van der Waals surface area contributed by atoms with Gasteiger partial charge in [0.1, 0.15) is 0 Å². The topological polar surface area (TPSA) is 26.3 Å². The summed E-state index contributed by atoms with van der Waals surface area (Å²) in [6.07, 6.45) is -4.54. The molecule has 0 radical (unpaired) electrons. The number of rotatable bonds is 7. The Hall–Kier alpha value is -0.460. The van der Waals surface area contributed by atoms with Crippen LogP contribution in [0.2, 0.25) is 0 Å². The van der Waals surface area contributed by atoms with E-state index in [4.69, 9.17) is 0 Å². The normalized spacial score (nSPS) is 11.9. The molecule has 90 valence electrons. The van der Waals surface area contributed by atoms with Gasteiger partial charge in [0, 0.05) is 6.42 Å². The van der Waals surface area contributed by atoms with Crippen molar-refractivity contribution in [3.63, 3.8) is 0 Å². The molecule has 0 fully saturated rings. The van der Waals surface area contributed by atoms with Crippen molar-refractivity contribution in [2.24, 2.45) is 0 Å². The zero-order valence-corrected chi connectivity index (χ0v) is 8.96. The number of halogens is 4. The Morgan fingerprint density at radius 2 is 2.07 bits per heavy atom. The molecular formula is C8H12F4O2S. The van der Waals surface area contributed by atoms with Crippen LogP contribution < -0.4 is 0 Å². The van der Waals surface area contributed by atoms with Crippen LogP contribution in [0.4, 0.5) is 17.6 Å². The van der Waals surface area contributed by atoms with Gasteiger partial charge in [0.25, 0.3) is 0 Å². The maximum atomic E-state index is 12.3. The number of esters is 1. The van der Waals surface area contributed by atoms with E-state index in [9.17, 15) is 22.4 Å². The minimum absolute atomic E-state index is 0.0523. The van der Waals surface area contributed by atoms with Crippen molar-refractivity contribution in [3.8, 4) is 0 Å². The maximum Gasteiger partial charge on any atom is 0.315 e. The fraction of sp³-hybridized carbons (Fsp3) is 0.875. The summed E-state index contributed by atoms with van der Waals surface area (Å²) in [4.78, 5) is 10.6. The summed E-state index contributed by atoms with van der Waals surface area (Å²) in [7, 11) is 1.22. The fourth-order valence-electron chi connectivity index (χ4n) is 0.733. The third-order valence-corrected chi connectivity index (χ3v) is 2.58. The molecule has 0 heterocycles. The number of carbonyl (C=O) groups excluding carboxylic acids is 1. The Balaban J connectivity index is 3.50. The molecule has 0 amide bonds. The van der Waals surface area contributed by atoms with Gasteiger partial charge in [0.2, 0.25) is 0 Å². The highest BCUT2D eigenvalue weighted by Crippen LogP contribution is 2.28. The number of ether oxygens (including phenoxy) is 1. The monoisotopic (exact) mass is 248 g/mol. The highest BCUT2D eigenvalue weighted by atomic mass is 32.2. The van der Waals surface area contributed by atoms with E-state index < -0.39 is 24.7 Å². The maximum absolute atomic E-state index is 12.3. The van der Waals surface area contributed by atoms with Crippen molar-refractivity contribution < 1.29 is 27.1 Å². The molecule has 7 heteroatoms. The molecule has 0 aromatic heterocycles. The summed E-state index contributed by atoms with van der Waals surface area (Å²) in [5.74, 6) is -4.10. The Labute approximate surface area is 89.4 Å². The summed E-state index contributed by atoms with van der Waals surface area (Å²) in [6.45, 7) is 0. The van der Waals surface area contributed by atoms with Gasteiger partial charge >= 0.3 is 18.3 Å². The Morgan fingerprint density at radius 3 is 2.53 bits per heavy atom. The third-order valence-electron chi connectivity index (χ3n) is 1.57. The number of thioether (sulfide) groups is 1. The molecule has 2 nitrogen and oxygen atoms in total. The average Bonchev–Trinajstić information content (AvgIpc) is 2.16. The second-order valence-corrected chi connectivity index (χ2v) is 3.90. The summed E-state index contributed by atoms with van der Waals surface area (Å²) in [6, 6.07) is 0. The van der Waals surface area contributed by atoms with E-state index in [1.54, 1.807) is 0 Å². The van der Waals surface area contributed by atoms with Crippen molar-refractivity contribution >= 4 is 17.7 Å². The van der Waals surface area contributed by atoms with Crippen LogP contribution in [0.15, 0.2) is 0 Å². The molecule has 0 atom stereocenters. The molecule has 0 bridgehead atoms. The van der Waals surface area contributed by atoms with Gasteiger partial charge in [-0.3, -0.25) is 4.79 Å². The smallest absolute Gasteiger partial charge is 0.315 e. The number of hydrogen-bond donors (Lipinski definition) is 0. The van der Waals surface area contributed by atoms with Crippen LogP contribution >= 0.6 is 11.8 Å². The highest BCUT2D eigenvalue weighted by molar-refractivity contribution is 7.99. The van der Waals surface area contributed by atoms with E-state index in [0.717, 1.165) is 11.8 Å². The predicted octanol–water partition coefficient (Wildman–Crippen LogP) is 2.57. The van der Waals surface area contributed by atoms with Gasteiger partial charge in [-0.2, -0.15) is 11.8 Å². The molecule has 0 aromatic rings. The second-order valence-electron chi connectivity index (χ2n) is 2.79. The Morgan fingerprint density at radius 1 is 1.47 bits per heavy atom. The van der Waals surface area contributed by atoms with Crippen molar-refractivity contribution in [1.29, 1.82) is 0 Å². The molecule has 0 N–H and O–H groups in total. The number of alkyl halides is 4. The lowest BCUT2D eigenvalue weighted by Crippen LogP contribution is -2.26. The highest BCUT2D eigenvalue weighted by Gasteiger charge is 2.39. The predicted molar refractivity (Wildman–Crippen MR) is 49.5 cm³/mol. The zero-order valence-electron chi connectivity index (χ0n) is 8.14. The van der Waals surface area contributed by atoms with Gasteiger partial charge in [0.15, 0.2) is 0 Å². The lowest BCUT2D eigenvalue weighted by atomic mass is 10.2. The van der Waals surface area contributed by atoms with E-state index >= 15 is 0 Å². The molecule has 0 aliphatic rings. The van der Waals surface area contributed by atoms with Gasteiger partial charge in [0.05, 0.1) is 12.9 Å². The first-order chi connectivity index (χ1) is 6.90. The van der Waals surface area contributed by atoms with Gasteiger partial charge in [-0.25, -0.2) is 17.6 Å². The summed E-state index contributed by atoms with van der Waals surface area (Å²) < 4.78 is 52.4. The third kappa shape index (κ3) is 6.59. The number of carbonyl (C=O) groups is 1. The van der Waals surface area contributed by atoms with Crippen LogP contribution in [0.1, 0.15) is 12.8 Å². The lowest BCUT2D eigenvalue weighted by Gasteiger charge is -2.14. The van der Waals surface area contributed by atoms with E-state index in [2.05, 4.69) is 4.74 Å². The molecule has 0 aliphatic carbocycles. The van der Waals surface area contributed by atoms with Crippen LogP contribution in [0.5, 0.6) is 0 Å². The van der Waals surface area contributed by atoms with Crippen LogP contribution in [-0.4, -0.2) is 36.9 Å². The first kappa shape index (κ1) is 14.5. The van der Waals surface area contributed by atoms with E-state index in [-0.39, 0.29) is 17.9 Å². The van der Waals surface area contributed by atoms with Crippen LogP contribution in [0.3, 0.4) is 0 Å². The quantitative estimate of drug-likeness (QED) is 0.393. The van der Waals surface area contributed by atoms with Crippen molar-refractivity contribution in [2.45, 2.75) is 25.2 Å². The molecule has 0 saturated heterocycles. The molecule has 0 rings (SSSR count). The SMILES string of the molecule is COC(=O)CSCCCC(F)(F)C(F)F. The minimum atomic E-state index is -3.92. The van der Waals surface area contributed by atoms with Crippen LogP contribution in [0, 0.1) is 0 Å². The first-order valence-corrected chi connectivity index (χ1v) is 5.36. The molecule has 15 heavy (non-hydrogen) atoms. The minimum Gasteiger partial charge on any atom is -0.468 e. The average molecular weight is 248 g/mol. The number of methoxy groups -OCH3 is 1. The molecule has 0 unspecified atom stereocenters. The van der Waals surface area contributed by atoms with E-state index in [1.807, 2.05) is 0 Å². The van der Waals surface area contributed by atoms with Crippen molar-refractivity contribution in [2.75, 3.05) is 18.6 Å². The van der Waals surface area contributed by atoms with Crippen LogP contribution in [-0.2, 0) is 9.53 Å². The largest absolute Gasteiger partial charge is 0.468 e. The van der Waals surface area contributed by atoms with Gasteiger partial charge in [-0.1, -0.05) is 0 Å². The summed E-state index contributed by atoms with van der Waals surface area (Å²) >= 11 is 1.09. The Bertz CT molecular complexity index is 199. The van der Waals surface area contributed by atoms with Crippen molar-refractivity contribution in [1.82, 2.24) is 0 Å². The number of hydrogen-bond acceptors (Lipinski definition) is 3. The lowest BCUT2D eigenvalue weighted by molar-refractivity contribution is -0.137. The van der Waals surface area contributed by atoms with Gasteiger partial charge < -0.3 is 4.74 Å². The van der Waals surface area contributed by atoms with Gasteiger partial charge in [-0.05, 0) is 12.2 Å². The first-order valence-electron chi connectivity index (χ1n) is 4.20. The second kappa shape index (κ2) is 6.92. The Kier molecular flexibility index (Phi) is 6.71. The fourth-order valence-corrected chi connectivity index (χ4v) is 1.51. The van der Waals surface area contributed by atoms with E-state index in [1.165, 1.54) is 7.11 Å². The van der Waals surface area contributed by atoms with Crippen LogP contribution in [0.25, 0.3) is 0 Å². The molecule has 0 spiro atoms.